The number of nitrogens with zero attached hydrogens (tertiary/aromatic N) is 1. The van der Waals surface area contributed by atoms with E-state index in [1.165, 1.54) is 71.7 Å². The molecule has 1 nitrogen and oxygen atoms in total. The van der Waals surface area contributed by atoms with Crippen LogP contribution in [0.5, 0.6) is 0 Å². The molecular weight excluding hydrogens is 346 g/mol. The number of fused-ring (bicyclic) bond motifs is 1. The first kappa shape index (κ1) is 21.9. The zero-order valence-corrected chi connectivity index (χ0v) is 18.4. The van der Waals surface area contributed by atoms with Crippen LogP contribution in [0.3, 0.4) is 0 Å². The van der Waals surface area contributed by atoms with E-state index in [2.05, 4.69) is 68.2 Å². The number of benzene rings is 1. The Hall–Kier alpha value is -1.38. The highest BCUT2D eigenvalue weighted by Crippen LogP contribution is 2.31. The van der Waals surface area contributed by atoms with E-state index in [1.807, 2.05) is 11.3 Å². The summed E-state index contributed by atoms with van der Waals surface area (Å²) in [5.74, 6) is 0. The van der Waals surface area contributed by atoms with Crippen molar-refractivity contribution in [2.75, 3.05) is 20.6 Å². The number of hydrogen-bond donors (Lipinski definition) is 0. The van der Waals surface area contributed by atoms with Crippen molar-refractivity contribution in [3.63, 3.8) is 0 Å². The van der Waals surface area contributed by atoms with Crippen molar-refractivity contribution < 1.29 is 0 Å². The van der Waals surface area contributed by atoms with Gasteiger partial charge in [-0.25, -0.2) is 0 Å². The average Bonchev–Trinajstić information content (AvgIpc) is 3.06. The molecule has 0 aliphatic rings. The molecule has 0 aliphatic heterocycles. The van der Waals surface area contributed by atoms with E-state index >= 15 is 0 Å². The molecule has 0 aliphatic carbocycles. The Bertz CT molecular complexity index is 723. The summed E-state index contributed by atoms with van der Waals surface area (Å²) in [6.07, 6.45) is 15.7. The lowest BCUT2D eigenvalue weighted by Gasteiger charge is -2.11. The van der Waals surface area contributed by atoms with Crippen molar-refractivity contribution in [2.24, 2.45) is 0 Å². The normalized spacial score (nSPS) is 11.9. The number of unbranched alkanes of at least 4 members (excludes halogenated alkanes) is 5. The average molecular weight is 384 g/mol. The third-order valence-corrected chi connectivity index (χ3v) is 6.16. The van der Waals surface area contributed by atoms with Gasteiger partial charge in [-0.15, -0.1) is 11.3 Å². The van der Waals surface area contributed by atoms with E-state index in [0.29, 0.717) is 0 Å². The molecule has 1 aromatic carbocycles. The standard InChI is InChI=1S/C25H37NS/c1-5-6-7-8-9-10-11-12-14-21(2)19-22-15-13-16-24-25(22)23(20-27-24)17-18-26(3)4/h5-6,13,15-16,20H,2,7-12,14,17-19H2,1,3-4H3/b6-5-. The number of allylic oxidation sites excluding steroid dienone is 3. The largest absolute Gasteiger partial charge is 0.309 e. The van der Waals surface area contributed by atoms with Crippen LogP contribution in [0, 0.1) is 0 Å². The Balaban J connectivity index is 1.82. The summed E-state index contributed by atoms with van der Waals surface area (Å²) in [7, 11) is 4.30. The fourth-order valence-electron chi connectivity index (χ4n) is 3.60. The molecule has 0 unspecified atom stereocenters. The Labute approximate surface area is 170 Å². The zero-order valence-electron chi connectivity index (χ0n) is 17.6. The second-order valence-electron chi connectivity index (χ2n) is 7.91. The number of hydrogen-bond acceptors (Lipinski definition) is 2. The molecule has 0 N–H and O–H groups in total. The minimum absolute atomic E-state index is 1.03. The predicted octanol–water partition coefficient (Wildman–Crippen LogP) is 7.41. The molecule has 27 heavy (non-hydrogen) atoms. The molecule has 2 rings (SSSR count). The van der Waals surface area contributed by atoms with E-state index in [4.69, 9.17) is 0 Å². The Kier molecular flexibility index (Phi) is 9.86. The first-order chi connectivity index (χ1) is 13.1. The molecule has 2 heteroatoms. The SMILES string of the molecule is C=C(CCCCCCC/C=C\C)Cc1cccc2scc(CCN(C)C)c12. The van der Waals surface area contributed by atoms with Gasteiger partial charge in [0.25, 0.3) is 0 Å². The van der Waals surface area contributed by atoms with E-state index in [0.717, 1.165) is 19.4 Å². The summed E-state index contributed by atoms with van der Waals surface area (Å²) in [6.45, 7) is 7.60. The molecule has 0 spiro atoms. The molecule has 1 aromatic heterocycles. The van der Waals surface area contributed by atoms with Crippen molar-refractivity contribution in [1.82, 2.24) is 4.90 Å². The predicted molar refractivity (Wildman–Crippen MR) is 124 cm³/mol. The summed E-state index contributed by atoms with van der Waals surface area (Å²) >= 11 is 1.89. The third kappa shape index (κ3) is 7.63. The van der Waals surface area contributed by atoms with Crippen LogP contribution >= 0.6 is 11.3 Å². The minimum Gasteiger partial charge on any atom is -0.309 e. The van der Waals surface area contributed by atoms with Crippen LogP contribution in [0.15, 0.2) is 47.9 Å². The topological polar surface area (TPSA) is 3.24 Å². The first-order valence-corrected chi connectivity index (χ1v) is 11.4. The summed E-state index contributed by atoms with van der Waals surface area (Å²) < 4.78 is 1.43. The van der Waals surface area contributed by atoms with Crippen molar-refractivity contribution in [3.8, 4) is 0 Å². The van der Waals surface area contributed by atoms with Gasteiger partial charge in [0, 0.05) is 11.2 Å². The summed E-state index contributed by atoms with van der Waals surface area (Å²) in [6, 6.07) is 6.78. The number of rotatable bonds is 13. The summed E-state index contributed by atoms with van der Waals surface area (Å²) in [5.41, 5.74) is 4.37. The molecule has 0 fully saturated rings. The molecular formula is C25H37NS. The van der Waals surface area contributed by atoms with Crippen molar-refractivity contribution >= 4 is 21.4 Å². The molecule has 0 saturated carbocycles. The van der Waals surface area contributed by atoms with Crippen LogP contribution in [0.4, 0.5) is 0 Å². The third-order valence-electron chi connectivity index (χ3n) is 5.17. The van der Waals surface area contributed by atoms with Crippen LogP contribution in [-0.2, 0) is 12.8 Å². The number of thiophene rings is 1. The lowest BCUT2D eigenvalue weighted by atomic mass is 9.96. The van der Waals surface area contributed by atoms with E-state index < -0.39 is 0 Å². The van der Waals surface area contributed by atoms with Gasteiger partial charge in [-0.2, -0.15) is 0 Å². The fraction of sp³-hybridized carbons (Fsp3) is 0.520. The highest BCUT2D eigenvalue weighted by molar-refractivity contribution is 7.17. The van der Waals surface area contributed by atoms with E-state index in [-0.39, 0.29) is 0 Å². The second-order valence-corrected chi connectivity index (χ2v) is 8.82. The lowest BCUT2D eigenvalue weighted by Crippen LogP contribution is -2.14. The van der Waals surface area contributed by atoms with Gasteiger partial charge < -0.3 is 4.90 Å². The molecule has 0 bridgehead atoms. The van der Waals surface area contributed by atoms with Gasteiger partial charge in [0.1, 0.15) is 0 Å². The summed E-state index contributed by atoms with van der Waals surface area (Å²) in [5, 5.41) is 3.85. The Morgan fingerprint density at radius 1 is 1.07 bits per heavy atom. The molecule has 1 heterocycles. The zero-order chi connectivity index (χ0) is 19.5. The van der Waals surface area contributed by atoms with Crippen LogP contribution in [0.2, 0.25) is 0 Å². The van der Waals surface area contributed by atoms with Crippen LogP contribution in [0.1, 0.15) is 63.0 Å². The smallest absolute Gasteiger partial charge is 0.0348 e. The maximum Gasteiger partial charge on any atom is 0.0348 e. The molecule has 0 saturated heterocycles. The Morgan fingerprint density at radius 3 is 2.63 bits per heavy atom. The van der Waals surface area contributed by atoms with Gasteiger partial charge in [0.05, 0.1) is 0 Å². The quantitative estimate of drug-likeness (QED) is 0.257. The maximum atomic E-state index is 4.39. The maximum absolute atomic E-state index is 4.39. The van der Waals surface area contributed by atoms with Gasteiger partial charge >= 0.3 is 0 Å². The first-order valence-electron chi connectivity index (χ1n) is 10.5. The summed E-state index contributed by atoms with van der Waals surface area (Å²) in [4.78, 5) is 2.27. The van der Waals surface area contributed by atoms with E-state index in [1.54, 1.807) is 0 Å². The highest BCUT2D eigenvalue weighted by Gasteiger charge is 2.10. The van der Waals surface area contributed by atoms with Crippen LogP contribution < -0.4 is 0 Å². The highest BCUT2D eigenvalue weighted by atomic mass is 32.1. The van der Waals surface area contributed by atoms with Gasteiger partial charge in [0.2, 0.25) is 0 Å². The van der Waals surface area contributed by atoms with Crippen molar-refractivity contribution in [1.29, 1.82) is 0 Å². The van der Waals surface area contributed by atoms with Gasteiger partial charge in [-0.3, -0.25) is 0 Å². The van der Waals surface area contributed by atoms with E-state index in [9.17, 15) is 0 Å². The van der Waals surface area contributed by atoms with Gasteiger partial charge in [-0.05, 0) is 87.5 Å². The molecule has 0 amide bonds. The molecule has 0 radical (unpaired) electrons. The van der Waals surface area contributed by atoms with Gasteiger partial charge in [0.15, 0.2) is 0 Å². The molecule has 2 aromatic rings. The monoisotopic (exact) mass is 383 g/mol. The van der Waals surface area contributed by atoms with Gasteiger partial charge in [-0.1, -0.05) is 55.7 Å². The van der Waals surface area contributed by atoms with Crippen molar-refractivity contribution in [2.45, 2.75) is 64.7 Å². The molecule has 0 atom stereocenters. The van der Waals surface area contributed by atoms with Crippen LogP contribution in [-0.4, -0.2) is 25.5 Å². The second kappa shape index (κ2) is 12.2. The van der Waals surface area contributed by atoms with Crippen molar-refractivity contribution in [3.05, 3.63) is 59.0 Å². The minimum atomic E-state index is 1.03. The Morgan fingerprint density at radius 2 is 1.85 bits per heavy atom. The fourth-order valence-corrected chi connectivity index (χ4v) is 4.64. The number of likely N-dealkylation sites (N-methyl/N-ethyl adjacent to an activating group) is 1. The van der Waals surface area contributed by atoms with Crippen LogP contribution in [0.25, 0.3) is 10.1 Å². The molecule has 148 valence electrons. The lowest BCUT2D eigenvalue weighted by molar-refractivity contribution is 0.414.